The van der Waals surface area contributed by atoms with Gasteiger partial charge in [-0.3, -0.25) is 0 Å². The number of hydrogen-bond donors (Lipinski definition) is 1. The van der Waals surface area contributed by atoms with Crippen LogP contribution in [0.1, 0.15) is 25.7 Å². The van der Waals surface area contributed by atoms with Gasteiger partial charge in [0.05, 0.1) is 0 Å². The van der Waals surface area contributed by atoms with E-state index in [2.05, 4.69) is 5.32 Å². The summed E-state index contributed by atoms with van der Waals surface area (Å²) in [7, 11) is 0. The summed E-state index contributed by atoms with van der Waals surface area (Å²) in [4.78, 5) is 0. The average molecular weight is 205 g/mol. The van der Waals surface area contributed by atoms with E-state index >= 15 is 0 Å². The van der Waals surface area contributed by atoms with Crippen molar-refractivity contribution in [2.75, 3.05) is 5.32 Å². The summed E-state index contributed by atoms with van der Waals surface area (Å²) in [6.07, 6.45) is 5.51. The van der Waals surface area contributed by atoms with Crippen molar-refractivity contribution in [3.63, 3.8) is 0 Å². The van der Waals surface area contributed by atoms with Crippen LogP contribution in [0, 0.1) is 17.7 Å². The van der Waals surface area contributed by atoms with Crippen LogP contribution < -0.4 is 5.32 Å². The molecule has 3 atom stereocenters. The Bertz CT molecular complexity index is 346. The summed E-state index contributed by atoms with van der Waals surface area (Å²) in [5.74, 6) is 1.65. The molecule has 0 heterocycles. The van der Waals surface area contributed by atoms with Gasteiger partial charge in [0.25, 0.3) is 0 Å². The Hall–Kier alpha value is -1.05. The molecule has 80 valence electrons. The number of fused-ring (bicyclic) bond motifs is 2. The molecule has 0 aliphatic heterocycles. The standard InChI is InChI=1S/C13H16FN/c14-11-3-5-12(6-4-11)15-13-8-9-1-2-10(13)7-9/h3-6,9-10,13,15H,1-2,7-8H2/t9-,10-,13+/m1/s1. The Labute approximate surface area is 89.7 Å². The predicted molar refractivity (Wildman–Crippen MR) is 59.3 cm³/mol. The fourth-order valence-electron chi connectivity index (χ4n) is 3.18. The Morgan fingerprint density at radius 1 is 1.07 bits per heavy atom. The second-order valence-electron chi connectivity index (χ2n) is 4.93. The molecule has 0 unspecified atom stereocenters. The van der Waals surface area contributed by atoms with E-state index in [1.54, 1.807) is 0 Å². The summed E-state index contributed by atoms with van der Waals surface area (Å²) in [5.41, 5.74) is 1.06. The van der Waals surface area contributed by atoms with Crippen molar-refractivity contribution in [2.24, 2.45) is 11.8 Å². The number of anilines is 1. The Balaban J connectivity index is 1.68. The third kappa shape index (κ3) is 1.73. The minimum absolute atomic E-state index is 0.159. The quantitative estimate of drug-likeness (QED) is 0.780. The molecule has 0 amide bonds. The molecule has 2 aliphatic carbocycles. The molecule has 2 saturated carbocycles. The van der Waals surface area contributed by atoms with Crippen LogP contribution >= 0.6 is 0 Å². The zero-order valence-electron chi connectivity index (χ0n) is 8.75. The molecule has 2 fully saturated rings. The van der Waals surface area contributed by atoms with Gasteiger partial charge < -0.3 is 5.32 Å². The van der Waals surface area contributed by atoms with Gasteiger partial charge in [0.15, 0.2) is 0 Å². The van der Waals surface area contributed by atoms with Crippen molar-refractivity contribution in [3.05, 3.63) is 30.1 Å². The van der Waals surface area contributed by atoms with Crippen LogP contribution in [-0.2, 0) is 0 Å². The SMILES string of the molecule is Fc1ccc(N[C@H]2C[C@@H]3CC[C@@H]2C3)cc1. The molecule has 1 aromatic rings. The molecule has 3 rings (SSSR count). The first kappa shape index (κ1) is 9.20. The predicted octanol–water partition coefficient (Wildman–Crippen LogP) is 3.43. The summed E-state index contributed by atoms with van der Waals surface area (Å²) in [6.45, 7) is 0. The van der Waals surface area contributed by atoms with Crippen LogP contribution in [0.5, 0.6) is 0 Å². The van der Waals surface area contributed by atoms with Crippen LogP contribution in [0.2, 0.25) is 0 Å². The molecular weight excluding hydrogens is 189 g/mol. The molecular formula is C13H16FN. The van der Waals surface area contributed by atoms with Gasteiger partial charge in [-0.2, -0.15) is 0 Å². The highest BCUT2D eigenvalue weighted by Gasteiger charge is 2.39. The van der Waals surface area contributed by atoms with E-state index in [9.17, 15) is 4.39 Å². The lowest BCUT2D eigenvalue weighted by Crippen LogP contribution is -2.25. The molecule has 15 heavy (non-hydrogen) atoms. The van der Waals surface area contributed by atoms with Crippen molar-refractivity contribution in [2.45, 2.75) is 31.7 Å². The van der Waals surface area contributed by atoms with E-state index in [0.717, 1.165) is 17.5 Å². The Morgan fingerprint density at radius 3 is 2.47 bits per heavy atom. The number of hydrogen-bond acceptors (Lipinski definition) is 1. The third-order valence-corrected chi connectivity index (χ3v) is 3.93. The van der Waals surface area contributed by atoms with Gasteiger partial charge in [0.1, 0.15) is 5.82 Å². The second kappa shape index (κ2) is 3.51. The number of benzene rings is 1. The van der Waals surface area contributed by atoms with Crippen molar-refractivity contribution in [3.8, 4) is 0 Å². The molecule has 1 nitrogen and oxygen atoms in total. The van der Waals surface area contributed by atoms with Gasteiger partial charge in [-0.05, 0) is 55.4 Å². The van der Waals surface area contributed by atoms with E-state index in [4.69, 9.17) is 0 Å². The highest BCUT2D eigenvalue weighted by molar-refractivity contribution is 5.44. The van der Waals surface area contributed by atoms with Crippen LogP contribution in [0.3, 0.4) is 0 Å². The van der Waals surface area contributed by atoms with Crippen LogP contribution in [-0.4, -0.2) is 6.04 Å². The highest BCUT2D eigenvalue weighted by atomic mass is 19.1. The molecule has 0 radical (unpaired) electrons. The first-order chi connectivity index (χ1) is 7.31. The first-order valence-corrected chi connectivity index (χ1v) is 5.83. The monoisotopic (exact) mass is 205 g/mol. The minimum Gasteiger partial charge on any atom is -0.382 e. The molecule has 0 spiro atoms. The second-order valence-corrected chi connectivity index (χ2v) is 4.93. The van der Waals surface area contributed by atoms with Gasteiger partial charge in [-0.15, -0.1) is 0 Å². The van der Waals surface area contributed by atoms with E-state index in [1.165, 1.54) is 37.8 Å². The molecule has 0 aromatic heterocycles. The summed E-state index contributed by atoms with van der Waals surface area (Å²) in [5, 5.41) is 3.53. The highest BCUT2D eigenvalue weighted by Crippen LogP contribution is 2.45. The van der Waals surface area contributed by atoms with Crippen LogP contribution in [0.15, 0.2) is 24.3 Å². The fourth-order valence-corrected chi connectivity index (χ4v) is 3.18. The van der Waals surface area contributed by atoms with E-state index in [-0.39, 0.29) is 5.82 Å². The lowest BCUT2D eigenvalue weighted by Gasteiger charge is -2.23. The number of halogens is 1. The zero-order chi connectivity index (χ0) is 10.3. The maximum Gasteiger partial charge on any atom is 0.123 e. The summed E-state index contributed by atoms with van der Waals surface area (Å²) in [6, 6.07) is 7.35. The van der Waals surface area contributed by atoms with Gasteiger partial charge >= 0.3 is 0 Å². The lowest BCUT2D eigenvalue weighted by atomic mass is 9.95. The van der Waals surface area contributed by atoms with Crippen molar-refractivity contribution < 1.29 is 4.39 Å². The number of nitrogens with one attached hydrogen (secondary N) is 1. The molecule has 1 N–H and O–H groups in total. The molecule has 1 aromatic carbocycles. The molecule has 2 bridgehead atoms. The van der Waals surface area contributed by atoms with Gasteiger partial charge in [-0.25, -0.2) is 4.39 Å². The van der Waals surface area contributed by atoms with E-state index in [0.29, 0.717) is 6.04 Å². The van der Waals surface area contributed by atoms with Crippen molar-refractivity contribution in [1.29, 1.82) is 0 Å². The largest absolute Gasteiger partial charge is 0.382 e. The van der Waals surface area contributed by atoms with Gasteiger partial charge in [0.2, 0.25) is 0 Å². The zero-order valence-corrected chi connectivity index (χ0v) is 8.75. The Kier molecular flexibility index (Phi) is 2.15. The summed E-state index contributed by atoms with van der Waals surface area (Å²) < 4.78 is 12.7. The maximum absolute atomic E-state index is 12.7. The normalized spacial score (nSPS) is 33.3. The molecule has 2 heteroatoms. The number of rotatable bonds is 2. The van der Waals surface area contributed by atoms with E-state index < -0.39 is 0 Å². The van der Waals surface area contributed by atoms with Crippen molar-refractivity contribution >= 4 is 5.69 Å². The fraction of sp³-hybridized carbons (Fsp3) is 0.538. The van der Waals surface area contributed by atoms with Gasteiger partial charge in [0, 0.05) is 11.7 Å². The topological polar surface area (TPSA) is 12.0 Å². The molecule has 2 aliphatic rings. The van der Waals surface area contributed by atoms with E-state index in [1.807, 2.05) is 12.1 Å². The van der Waals surface area contributed by atoms with Crippen LogP contribution in [0.25, 0.3) is 0 Å². The summed E-state index contributed by atoms with van der Waals surface area (Å²) >= 11 is 0. The lowest BCUT2D eigenvalue weighted by molar-refractivity contribution is 0.440. The van der Waals surface area contributed by atoms with Crippen molar-refractivity contribution in [1.82, 2.24) is 0 Å². The van der Waals surface area contributed by atoms with Gasteiger partial charge in [-0.1, -0.05) is 6.42 Å². The molecule has 0 saturated heterocycles. The smallest absolute Gasteiger partial charge is 0.123 e. The maximum atomic E-state index is 12.7. The van der Waals surface area contributed by atoms with Crippen LogP contribution in [0.4, 0.5) is 10.1 Å². The Morgan fingerprint density at radius 2 is 1.87 bits per heavy atom. The minimum atomic E-state index is -0.159. The third-order valence-electron chi connectivity index (χ3n) is 3.93. The first-order valence-electron chi connectivity index (χ1n) is 5.83. The average Bonchev–Trinajstić information content (AvgIpc) is 2.83.